The van der Waals surface area contributed by atoms with Gasteiger partial charge in [0.05, 0.1) is 6.04 Å². The Morgan fingerprint density at radius 2 is 1.95 bits per heavy atom. The van der Waals surface area contributed by atoms with E-state index in [1.54, 1.807) is 0 Å². The number of carbonyl (C=O) groups excluding carboxylic acids is 1. The molecular weight excluding hydrogens is 276 g/mol. The summed E-state index contributed by atoms with van der Waals surface area (Å²) in [7, 11) is 0. The van der Waals surface area contributed by atoms with E-state index in [-0.39, 0.29) is 17.9 Å². The van der Waals surface area contributed by atoms with Crippen LogP contribution < -0.4 is 11.1 Å². The normalized spacial score (nSPS) is 13.4. The molecule has 0 aliphatic carbocycles. The lowest BCUT2D eigenvalue weighted by Crippen LogP contribution is -2.49. The van der Waals surface area contributed by atoms with E-state index >= 15 is 0 Å². The number of amides is 1. The number of hydrogen-bond donors (Lipinski definition) is 5. The van der Waals surface area contributed by atoms with Crippen molar-refractivity contribution in [3.63, 3.8) is 0 Å². The van der Waals surface area contributed by atoms with Crippen molar-refractivity contribution in [3.8, 4) is 11.5 Å². The molecule has 1 aromatic rings. The van der Waals surface area contributed by atoms with Crippen molar-refractivity contribution in [2.75, 3.05) is 0 Å². The van der Waals surface area contributed by atoms with Crippen LogP contribution in [0.5, 0.6) is 11.5 Å². The van der Waals surface area contributed by atoms with E-state index in [1.165, 1.54) is 18.2 Å². The lowest BCUT2D eigenvalue weighted by molar-refractivity contribution is -0.142. The summed E-state index contributed by atoms with van der Waals surface area (Å²) in [5.74, 6) is -2.22. The molecule has 1 aromatic carbocycles. The Labute approximate surface area is 122 Å². The summed E-state index contributed by atoms with van der Waals surface area (Å²) in [6.07, 6.45) is 1.07. The Bertz CT molecular complexity index is 518. The second-order valence-corrected chi connectivity index (χ2v) is 4.82. The lowest BCUT2D eigenvalue weighted by atomic mass is 10.0. The van der Waals surface area contributed by atoms with Crippen molar-refractivity contribution in [2.24, 2.45) is 5.73 Å². The van der Waals surface area contributed by atoms with Crippen molar-refractivity contribution < 1.29 is 24.9 Å². The van der Waals surface area contributed by atoms with E-state index in [2.05, 4.69) is 5.32 Å². The molecule has 0 aliphatic heterocycles. The zero-order valence-corrected chi connectivity index (χ0v) is 11.7. The number of phenols is 2. The average molecular weight is 296 g/mol. The molecule has 2 atom stereocenters. The SMILES string of the molecule is CCC[C@@H](NC(=O)[C@@H](N)Cc1ccc(O)c(O)c1)C(=O)O. The van der Waals surface area contributed by atoms with Gasteiger partial charge in [-0.2, -0.15) is 0 Å². The highest BCUT2D eigenvalue weighted by Crippen LogP contribution is 2.25. The van der Waals surface area contributed by atoms with Crippen LogP contribution in [0.2, 0.25) is 0 Å². The molecule has 1 amide bonds. The molecule has 0 spiro atoms. The molecule has 0 saturated heterocycles. The molecule has 0 aliphatic rings. The van der Waals surface area contributed by atoms with Crippen LogP contribution in [0.1, 0.15) is 25.3 Å². The Morgan fingerprint density at radius 1 is 1.29 bits per heavy atom. The van der Waals surface area contributed by atoms with Crippen molar-refractivity contribution in [1.82, 2.24) is 5.32 Å². The van der Waals surface area contributed by atoms with Gasteiger partial charge in [-0.15, -0.1) is 0 Å². The molecule has 0 fully saturated rings. The zero-order valence-electron chi connectivity index (χ0n) is 11.7. The van der Waals surface area contributed by atoms with Crippen molar-refractivity contribution >= 4 is 11.9 Å². The third-order valence-electron chi connectivity index (χ3n) is 3.02. The number of aliphatic carboxylic acids is 1. The molecular formula is C14H20N2O5. The second-order valence-electron chi connectivity index (χ2n) is 4.82. The summed E-state index contributed by atoms with van der Waals surface area (Å²) in [5.41, 5.74) is 6.30. The summed E-state index contributed by atoms with van der Waals surface area (Å²) in [6, 6.07) is 2.24. The van der Waals surface area contributed by atoms with Gasteiger partial charge in [-0.05, 0) is 30.5 Å². The third kappa shape index (κ3) is 4.96. The average Bonchev–Trinajstić information content (AvgIpc) is 2.42. The van der Waals surface area contributed by atoms with Gasteiger partial charge in [-0.1, -0.05) is 19.4 Å². The first kappa shape index (κ1) is 16.8. The maximum atomic E-state index is 11.9. The highest BCUT2D eigenvalue weighted by Gasteiger charge is 2.22. The summed E-state index contributed by atoms with van der Waals surface area (Å²) >= 11 is 0. The van der Waals surface area contributed by atoms with Crippen LogP contribution in [-0.4, -0.2) is 39.3 Å². The predicted molar refractivity (Wildman–Crippen MR) is 75.9 cm³/mol. The number of benzene rings is 1. The molecule has 0 radical (unpaired) electrons. The standard InChI is InChI=1S/C14H20N2O5/c1-2-3-10(14(20)21)16-13(19)9(15)6-8-4-5-11(17)12(18)7-8/h4-5,7,9-10,17-18H,2-3,6,15H2,1H3,(H,16,19)(H,20,21)/t9-,10+/m0/s1. The molecule has 0 unspecified atom stereocenters. The number of carboxylic acids is 1. The molecule has 0 aromatic heterocycles. The quantitative estimate of drug-likeness (QED) is 0.461. The van der Waals surface area contributed by atoms with E-state index in [4.69, 9.17) is 10.8 Å². The van der Waals surface area contributed by atoms with Crippen LogP contribution in [0.25, 0.3) is 0 Å². The van der Waals surface area contributed by atoms with Crippen LogP contribution in [0.3, 0.4) is 0 Å². The van der Waals surface area contributed by atoms with Crippen LogP contribution >= 0.6 is 0 Å². The number of carbonyl (C=O) groups is 2. The van der Waals surface area contributed by atoms with E-state index < -0.39 is 24.0 Å². The minimum absolute atomic E-state index is 0.123. The number of nitrogens with two attached hydrogens (primary N) is 1. The monoisotopic (exact) mass is 296 g/mol. The molecule has 6 N–H and O–H groups in total. The Balaban J connectivity index is 2.65. The van der Waals surface area contributed by atoms with Gasteiger partial charge in [0.15, 0.2) is 11.5 Å². The molecule has 21 heavy (non-hydrogen) atoms. The summed E-state index contributed by atoms with van der Waals surface area (Å²) in [4.78, 5) is 22.8. The van der Waals surface area contributed by atoms with E-state index in [9.17, 15) is 19.8 Å². The maximum Gasteiger partial charge on any atom is 0.326 e. The number of rotatable bonds is 7. The van der Waals surface area contributed by atoms with E-state index in [0.29, 0.717) is 18.4 Å². The molecule has 1 rings (SSSR count). The van der Waals surface area contributed by atoms with Gasteiger partial charge in [0.1, 0.15) is 6.04 Å². The van der Waals surface area contributed by atoms with Crippen molar-refractivity contribution in [3.05, 3.63) is 23.8 Å². The lowest BCUT2D eigenvalue weighted by Gasteiger charge is -2.17. The Morgan fingerprint density at radius 3 is 2.48 bits per heavy atom. The molecule has 7 nitrogen and oxygen atoms in total. The fraction of sp³-hybridized carbons (Fsp3) is 0.429. The first-order chi connectivity index (χ1) is 9.85. The predicted octanol–water partition coefficient (Wildman–Crippen LogP) is 0.337. The van der Waals surface area contributed by atoms with Gasteiger partial charge in [-0.3, -0.25) is 4.79 Å². The van der Waals surface area contributed by atoms with Gasteiger partial charge >= 0.3 is 5.97 Å². The molecule has 7 heteroatoms. The van der Waals surface area contributed by atoms with Gasteiger partial charge < -0.3 is 26.4 Å². The van der Waals surface area contributed by atoms with Crippen LogP contribution in [0.4, 0.5) is 0 Å². The smallest absolute Gasteiger partial charge is 0.326 e. The second kappa shape index (κ2) is 7.49. The van der Waals surface area contributed by atoms with E-state index in [0.717, 1.165) is 0 Å². The Kier molecular flexibility index (Phi) is 5.98. The molecule has 0 bridgehead atoms. The summed E-state index contributed by atoms with van der Waals surface area (Å²) < 4.78 is 0. The zero-order chi connectivity index (χ0) is 16.0. The van der Waals surface area contributed by atoms with Gasteiger partial charge in [-0.25, -0.2) is 4.79 Å². The minimum Gasteiger partial charge on any atom is -0.504 e. The van der Waals surface area contributed by atoms with Gasteiger partial charge in [0.2, 0.25) is 5.91 Å². The minimum atomic E-state index is -1.10. The Hall–Kier alpha value is -2.28. The van der Waals surface area contributed by atoms with Gasteiger partial charge in [0.25, 0.3) is 0 Å². The van der Waals surface area contributed by atoms with E-state index in [1.807, 2.05) is 6.92 Å². The molecule has 116 valence electrons. The van der Waals surface area contributed by atoms with Crippen molar-refractivity contribution in [1.29, 1.82) is 0 Å². The highest BCUT2D eigenvalue weighted by molar-refractivity contribution is 5.86. The first-order valence-electron chi connectivity index (χ1n) is 6.64. The number of hydrogen-bond acceptors (Lipinski definition) is 5. The maximum absolute atomic E-state index is 11.9. The largest absolute Gasteiger partial charge is 0.504 e. The number of phenolic OH excluding ortho intramolecular Hbond substituents is 2. The van der Waals surface area contributed by atoms with Crippen molar-refractivity contribution in [2.45, 2.75) is 38.3 Å². The van der Waals surface area contributed by atoms with Crippen LogP contribution in [-0.2, 0) is 16.0 Å². The number of aromatic hydroxyl groups is 2. The molecule has 0 heterocycles. The fourth-order valence-corrected chi connectivity index (χ4v) is 1.87. The number of nitrogens with one attached hydrogen (secondary N) is 1. The highest BCUT2D eigenvalue weighted by atomic mass is 16.4. The fourth-order valence-electron chi connectivity index (χ4n) is 1.87. The summed E-state index contributed by atoms with van der Waals surface area (Å²) in [5, 5.41) is 29.9. The topological polar surface area (TPSA) is 133 Å². The molecule has 0 saturated carbocycles. The van der Waals surface area contributed by atoms with Crippen LogP contribution in [0, 0.1) is 0 Å². The van der Waals surface area contributed by atoms with Gasteiger partial charge in [0, 0.05) is 0 Å². The summed E-state index contributed by atoms with van der Waals surface area (Å²) in [6.45, 7) is 1.82. The third-order valence-corrected chi connectivity index (χ3v) is 3.02. The first-order valence-corrected chi connectivity index (χ1v) is 6.64. The van der Waals surface area contributed by atoms with Crippen LogP contribution in [0.15, 0.2) is 18.2 Å². The number of carboxylic acid groups (broad SMARTS) is 1.